The summed E-state index contributed by atoms with van der Waals surface area (Å²) >= 11 is 0. The van der Waals surface area contributed by atoms with E-state index in [0.717, 1.165) is 5.56 Å². The molecule has 2 aromatic carbocycles. The zero-order valence-corrected chi connectivity index (χ0v) is 12.8. The van der Waals surface area contributed by atoms with Crippen molar-refractivity contribution in [1.82, 2.24) is 0 Å². The molecule has 0 atom stereocenters. The average molecular weight is 359 g/mol. The van der Waals surface area contributed by atoms with Gasteiger partial charge in [-0.2, -0.15) is 13.2 Å². The van der Waals surface area contributed by atoms with Gasteiger partial charge in [-0.3, -0.25) is 5.32 Å². The Morgan fingerprint density at radius 3 is 1.96 bits per heavy atom. The molecule has 0 spiro atoms. The molecule has 3 N–H and O–H groups in total. The van der Waals surface area contributed by atoms with Crippen LogP contribution in [0.5, 0.6) is 0 Å². The van der Waals surface area contributed by atoms with Gasteiger partial charge in [-0.15, -0.1) is 0 Å². The van der Waals surface area contributed by atoms with Gasteiger partial charge < -0.3 is 10.2 Å². The van der Waals surface area contributed by atoms with Gasteiger partial charge in [-0.25, -0.2) is 14.0 Å². The van der Waals surface area contributed by atoms with Crippen molar-refractivity contribution >= 4 is 17.7 Å². The van der Waals surface area contributed by atoms with Gasteiger partial charge in [0.1, 0.15) is 5.82 Å². The van der Waals surface area contributed by atoms with Crippen LogP contribution in [-0.2, 0) is 4.79 Å². The SMILES string of the molecule is Cc1cccc(-c2ccccc2F)c1NC(=O)O.O=C(O)C(F)(F)F. The highest BCUT2D eigenvalue weighted by Crippen LogP contribution is 2.32. The average Bonchev–Trinajstić information content (AvgIpc) is 2.49. The van der Waals surface area contributed by atoms with Gasteiger partial charge in [-0.05, 0) is 18.6 Å². The lowest BCUT2D eigenvalue weighted by molar-refractivity contribution is -0.192. The fourth-order valence-corrected chi connectivity index (χ4v) is 1.84. The van der Waals surface area contributed by atoms with Crippen LogP contribution in [0.1, 0.15) is 5.56 Å². The van der Waals surface area contributed by atoms with Crippen molar-refractivity contribution in [3.63, 3.8) is 0 Å². The second-order valence-electron chi connectivity index (χ2n) is 4.71. The number of para-hydroxylation sites is 1. The second-order valence-corrected chi connectivity index (χ2v) is 4.71. The normalized spacial score (nSPS) is 10.4. The molecule has 0 saturated carbocycles. The predicted octanol–water partition coefficient (Wildman–Crippen LogP) is 4.52. The maximum atomic E-state index is 13.7. The van der Waals surface area contributed by atoms with E-state index < -0.39 is 18.2 Å². The van der Waals surface area contributed by atoms with E-state index in [2.05, 4.69) is 5.32 Å². The Hall–Kier alpha value is -3.10. The number of carbonyl (C=O) groups is 2. The number of amides is 1. The number of anilines is 1. The zero-order chi connectivity index (χ0) is 19.2. The van der Waals surface area contributed by atoms with E-state index in [4.69, 9.17) is 15.0 Å². The molecule has 0 radical (unpaired) electrons. The third-order valence-corrected chi connectivity index (χ3v) is 2.91. The van der Waals surface area contributed by atoms with Crippen molar-refractivity contribution in [1.29, 1.82) is 0 Å². The molecule has 0 heterocycles. The van der Waals surface area contributed by atoms with Gasteiger partial charge in [0.15, 0.2) is 0 Å². The number of aliphatic carboxylic acids is 1. The number of carboxylic acids is 1. The van der Waals surface area contributed by atoms with Crippen LogP contribution in [0.3, 0.4) is 0 Å². The topological polar surface area (TPSA) is 86.6 Å². The van der Waals surface area contributed by atoms with Crippen LogP contribution in [0.2, 0.25) is 0 Å². The number of halogens is 4. The molecular formula is C16H13F4NO4. The van der Waals surface area contributed by atoms with Crippen LogP contribution in [0, 0.1) is 12.7 Å². The molecule has 0 aliphatic heterocycles. The van der Waals surface area contributed by atoms with E-state index in [1.807, 2.05) is 0 Å². The molecule has 1 amide bonds. The van der Waals surface area contributed by atoms with Gasteiger partial charge >= 0.3 is 18.2 Å². The monoisotopic (exact) mass is 359 g/mol. The number of hydrogen-bond donors (Lipinski definition) is 3. The van der Waals surface area contributed by atoms with E-state index in [9.17, 15) is 22.4 Å². The Labute approximate surface area is 139 Å². The summed E-state index contributed by atoms with van der Waals surface area (Å²) in [5, 5.41) is 18.3. The molecule has 0 unspecified atom stereocenters. The van der Waals surface area contributed by atoms with Crippen LogP contribution in [0.4, 0.5) is 28.0 Å². The zero-order valence-electron chi connectivity index (χ0n) is 12.8. The molecule has 0 aliphatic carbocycles. The Morgan fingerprint density at radius 2 is 1.48 bits per heavy atom. The number of carboxylic acid groups (broad SMARTS) is 2. The highest BCUT2D eigenvalue weighted by atomic mass is 19.4. The molecule has 2 aromatic rings. The molecule has 5 nitrogen and oxygen atoms in total. The summed E-state index contributed by atoms with van der Waals surface area (Å²) in [6, 6.07) is 11.5. The maximum Gasteiger partial charge on any atom is 0.490 e. The Kier molecular flexibility index (Phi) is 6.49. The largest absolute Gasteiger partial charge is 0.490 e. The number of rotatable bonds is 2. The summed E-state index contributed by atoms with van der Waals surface area (Å²) in [5.74, 6) is -3.14. The number of hydrogen-bond acceptors (Lipinski definition) is 2. The maximum absolute atomic E-state index is 13.7. The molecule has 0 fully saturated rings. The molecule has 134 valence electrons. The van der Waals surface area contributed by atoms with E-state index in [1.165, 1.54) is 6.07 Å². The Balaban J connectivity index is 0.000000381. The summed E-state index contributed by atoms with van der Waals surface area (Å²) in [4.78, 5) is 19.7. The molecule has 0 aromatic heterocycles. The van der Waals surface area contributed by atoms with Crippen molar-refractivity contribution in [3.05, 3.63) is 53.8 Å². The fourth-order valence-electron chi connectivity index (χ4n) is 1.84. The number of nitrogens with one attached hydrogen (secondary N) is 1. The van der Waals surface area contributed by atoms with Crippen LogP contribution >= 0.6 is 0 Å². The van der Waals surface area contributed by atoms with Gasteiger partial charge in [0.2, 0.25) is 0 Å². The minimum Gasteiger partial charge on any atom is -0.475 e. The molecule has 0 bridgehead atoms. The standard InChI is InChI=1S/C14H12FNO2.C2HF3O2/c1-9-5-4-7-11(13(9)16-14(17)18)10-6-2-3-8-12(10)15;3-2(4,5)1(6)7/h2-8,16H,1H3,(H,17,18);(H,6,7). The molecule has 25 heavy (non-hydrogen) atoms. The summed E-state index contributed by atoms with van der Waals surface area (Å²) in [6.45, 7) is 1.77. The van der Waals surface area contributed by atoms with Crippen molar-refractivity contribution < 1.29 is 37.4 Å². The van der Waals surface area contributed by atoms with E-state index in [1.54, 1.807) is 43.3 Å². The van der Waals surface area contributed by atoms with Crippen molar-refractivity contribution in [2.24, 2.45) is 0 Å². The van der Waals surface area contributed by atoms with Crippen molar-refractivity contribution in [3.8, 4) is 11.1 Å². The predicted molar refractivity (Wildman–Crippen MR) is 81.9 cm³/mol. The highest BCUT2D eigenvalue weighted by molar-refractivity contribution is 5.92. The Morgan fingerprint density at radius 1 is 0.960 bits per heavy atom. The van der Waals surface area contributed by atoms with E-state index in [0.29, 0.717) is 16.8 Å². The molecular weight excluding hydrogens is 346 g/mol. The summed E-state index contributed by atoms with van der Waals surface area (Å²) < 4.78 is 45.5. The summed E-state index contributed by atoms with van der Waals surface area (Å²) in [5.41, 5.74) is 2.08. The lowest BCUT2D eigenvalue weighted by Crippen LogP contribution is -2.21. The van der Waals surface area contributed by atoms with Crippen LogP contribution < -0.4 is 5.32 Å². The number of benzene rings is 2. The first-order valence-corrected chi connectivity index (χ1v) is 6.68. The number of aryl methyl sites for hydroxylation is 1. The lowest BCUT2D eigenvalue weighted by Gasteiger charge is -2.12. The van der Waals surface area contributed by atoms with Gasteiger partial charge in [0.05, 0.1) is 5.69 Å². The van der Waals surface area contributed by atoms with Crippen LogP contribution in [-0.4, -0.2) is 28.5 Å². The minimum absolute atomic E-state index is 0.378. The van der Waals surface area contributed by atoms with E-state index in [-0.39, 0.29) is 5.82 Å². The van der Waals surface area contributed by atoms with Gasteiger partial charge in [0, 0.05) is 11.1 Å². The molecule has 2 rings (SSSR count). The van der Waals surface area contributed by atoms with Crippen molar-refractivity contribution in [2.75, 3.05) is 5.32 Å². The second kappa shape index (κ2) is 8.13. The minimum atomic E-state index is -5.08. The van der Waals surface area contributed by atoms with Crippen LogP contribution in [0.15, 0.2) is 42.5 Å². The molecule has 0 aliphatic rings. The number of alkyl halides is 3. The van der Waals surface area contributed by atoms with Crippen LogP contribution in [0.25, 0.3) is 11.1 Å². The molecule has 9 heteroatoms. The summed E-state index contributed by atoms with van der Waals surface area (Å²) in [7, 11) is 0. The molecule has 0 saturated heterocycles. The smallest absolute Gasteiger partial charge is 0.475 e. The third kappa shape index (κ3) is 5.79. The van der Waals surface area contributed by atoms with Gasteiger partial charge in [0.25, 0.3) is 0 Å². The first kappa shape index (κ1) is 19.9. The highest BCUT2D eigenvalue weighted by Gasteiger charge is 2.38. The van der Waals surface area contributed by atoms with E-state index >= 15 is 0 Å². The quantitative estimate of drug-likeness (QED) is 0.688. The first-order valence-electron chi connectivity index (χ1n) is 6.68. The Bertz CT molecular complexity index is 775. The lowest BCUT2D eigenvalue weighted by atomic mass is 10.00. The van der Waals surface area contributed by atoms with Crippen molar-refractivity contribution in [2.45, 2.75) is 13.1 Å². The fraction of sp³-hybridized carbons (Fsp3) is 0.125. The third-order valence-electron chi connectivity index (χ3n) is 2.91. The summed E-state index contributed by atoms with van der Waals surface area (Å²) in [6.07, 6.45) is -6.25. The first-order chi connectivity index (χ1) is 11.5. The van der Waals surface area contributed by atoms with Gasteiger partial charge in [-0.1, -0.05) is 36.4 Å².